The van der Waals surface area contributed by atoms with E-state index in [4.69, 9.17) is 16.3 Å². The van der Waals surface area contributed by atoms with Crippen molar-refractivity contribution in [3.8, 4) is 5.75 Å². The first-order valence-corrected chi connectivity index (χ1v) is 10.0. The van der Waals surface area contributed by atoms with Crippen LogP contribution in [0.15, 0.2) is 36.4 Å². The van der Waals surface area contributed by atoms with Gasteiger partial charge < -0.3 is 19.1 Å². The molecule has 0 unspecified atom stereocenters. The zero-order chi connectivity index (χ0) is 22.4. The number of aromatic carboxylic acids is 1. The summed E-state index contributed by atoms with van der Waals surface area (Å²) in [6.45, 7) is 8.32. The summed E-state index contributed by atoms with van der Waals surface area (Å²) in [5, 5.41) is 10.7. The van der Waals surface area contributed by atoms with E-state index in [9.17, 15) is 14.7 Å². The normalized spacial score (nSPS) is 10.3. The zero-order valence-electron chi connectivity index (χ0n) is 17.8. The van der Waals surface area contributed by atoms with Crippen molar-refractivity contribution in [2.45, 2.75) is 34.2 Å². The number of methoxy groups -OCH3 is 1. The van der Waals surface area contributed by atoms with E-state index in [2.05, 4.69) is 9.30 Å². The van der Waals surface area contributed by atoms with Crippen molar-refractivity contribution in [3.05, 3.63) is 63.8 Å². The van der Waals surface area contributed by atoms with E-state index in [0.29, 0.717) is 17.3 Å². The Bertz CT molecular complexity index is 1070. The number of carbonyl (C=O) groups excluding carboxylic acids is 1. The molecule has 0 bridgehead atoms. The van der Waals surface area contributed by atoms with Crippen LogP contribution >= 0.6 is 11.6 Å². The van der Waals surface area contributed by atoms with Crippen LogP contribution in [0.1, 0.15) is 41.0 Å². The van der Waals surface area contributed by atoms with Crippen LogP contribution in [-0.2, 0) is 16.1 Å². The summed E-state index contributed by atoms with van der Waals surface area (Å²) in [5.74, 6) is -0.932. The molecule has 0 spiro atoms. The highest BCUT2D eigenvalue weighted by molar-refractivity contribution is 6.31. The van der Waals surface area contributed by atoms with Gasteiger partial charge in [-0.05, 0) is 55.3 Å². The highest BCUT2D eigenvalue weighted by atomic mass is 35.5. The molecule has 6 nitrogen and oxygen atoms in total. The zero-order valence-corrected chi connectivity index (χ0v) is 18.5. The fourth-order valence-corrected chi connectivity index (χ4v) is 3.33. The van der Waals surface area contributed by atoms with Crippen LogP contribution in [0.3, 0.4) is 0 Å². The van der Waals surface area contributed by atoms with Crippen LogP contribution in [0.4, 0.5) is 0 Å². The van der Waals surface area contributed by atoms with Gasteiger partial charge >= 0.3 is 11.9 Å². The summed E-state index contributed by atoms with van der Waals surface area (Å²) >= 11 is 6.42. The minimum Gasteiger partial charge on any atom is -0.482 e. The maximum Gasteiger partial charge on any atom is 0.343 e. The highest BCUT2D eigenvalue weighted by Crippen LogP contribution is 2.30. The van der Waals surface area contributed by atoms with E-state index < -0.39 is 11.9 Å². The van der Waals surface area contributed by atoms with E-state index in [-0.39, 0.29) is 12.2 Å². The van der Waals surface area contributed by atoms with Gasteiger partial charge in [0, 0.05) is 28.2 Å². The average molecular weight is 432 g/mol. The molecule has 1 aromatic heterocycles. The minimum absolute atomic E-state index is 0.182. The minimum atomic E-state index is -0.947. The third-order valence-corrected chi connectivity index (χ3v) is 5.18. The second-order valence-electron chi connectivity index (χ2n) is 6.45. The topological polar surface area (TPSA) is 77.8 Å². The van der Waals surface area contributed by atoms with E-state index in [0.717, 1.165) is 27.7 Å². The number of fused-ring (bicyclic) bond motifs is 1. The van der Waals surface area contributed by atoms with Crippen LogP contribution in [0, 0.1) is 13.8 Å². The quantitative estimate of drug-likeness (QED) is 0.540. The fraction of sp³-hybridized carbons (Fsp3) is 0.304. The lowest BCUT2D eigenvalue weighted by molar-refractivity contribution is -0.142. The number of benzene rings is 2. The van der Waals surface area contributed by atoms with E-state index >= 15 is 0 Å². The van der Waals surface area contributed by atoms with E-state index in [1.54, 1.807) is 24.3 Å². The first kappa shape index (κ1) is 23.3. The molecule has 0 amide bonds. The van der Waals surface area contributed by atoms with Gasteiger partial charge in [-0.3, -0.25) is 0 Å². The standard InChI is InChI=1S/C21H20ClNO5.C2H6/c1-12-13(2)23(19-7-5-14(21(25)26)8-17(12)19)10-15-4-6-16(9-18(15)22)28-11-20(24)27-3;1-2/h4-9H,10-11H2,1-3H3,(H,25,26);1-2H3. The lowest BCUT2D eigenvalue weighted by Gasteiger charge is -2.12. The lowest BCUT2D eigenvalue weighted by atomic mass is 10.1. The van der Waals surface area contributed by atoms with Crippen molar-refractivity contribution in [1.82, 2.24) is 4.57 Å². The Balaban J connectivity index is 0.00000155. The number of nitrogens with zero attached hydrogens (tertiary/aromatic N) is 1. The van der Waals surface area contributed by atoms with Crippen LogP contribution in [0.5, 0.6) is 5.75 Å². The highest BCUT2D eigenvalue weighted by Gasteiger charge is 2.15. The summed E-state index contributed by atoms with van der Waals surface area (Å²) < 4.78 is 12.0. The van der Waals surface area contributed by atoms with Crippen LogP contribution < -0.4 is 4.74 Å². The molecule has 0 saturated carbocycles. The molecule has 0 aliphatic heterocycles. The second-order valence-corrected chi connectivity index (χ2v) is 6.86. The summed E-state index contributed by atoms with van der Waals surface area (Å²) in [7, 11) is 1.30. The summed E-state index contributed by atoms with van der Waals surface area (Å²) in [4.78, 5) is 22.5. The molecule has 30 heavy (non-hydrogen) atoms. The molecular weight excluding hydrogens is 406 g/mol. The van der Waals surface area contributed by atoms with Crippen molar-refractivity contribution < 1.29 is 24.2 Å². The molecular formula is C23H26ClNO5. The van der Waals surface area contributed by atoms with Gasteiger partial charge in [-0.1, -0.05) is 31.5 Å². The van der Waals surface area contributed by atoms with Gasteiger partial charge in [0.15, 0.2) is 6.61 Å². The summed E-state index contributed by atoms with van der Waals surface area (Å²) in [6, 6.07) is 10.4. The molecule has 3 aromatic rings. The van der Waals surface area contributed by atoms with Gasteiger partial charge in [-0.15, -0.1) is 0 Å². The van der Waals surface area contributed by atoms with Gasteiger partial charge in [-0.2, -0.15) is 0 Å². The van der Waals surface area contributed by atoms with Gasteiger partial charge in [0.25, 0.3) is 0 Å². The number of hydrogen-bond donors (Lipinski definition) is 1. The van der Waals surface area contributed by atoms with Gasteiger partial charge in [0.2, 0.25) is 0 Å². The molecule has 0 saturated heterocycles. The van der Waals surface area contributed by atoms with Crippen molar-refractivity contribution in [2.75, 3.05) is 13.7 Å². The number of carbonyl (C=O) groups is 2. The smallest absolute Gasteiger partial charge is 0.343 e. The summed E-state index contributed by atoms with van der Waals surface area (Å²) in [6.07, 6.45) is 0. The van der Waals surface area contributed by atoms with Crippen LogP contribution in [-0.4, -0.2) is 35.3 Å². The number of ether oxygens (including phenoxy) is 2. The van der Waals surface area contributed by atoms with Crippen molar-refractivity contribution in [2.24, 2.45) is 0 Å². The lowest BCUT2D eigenvalue weighted by Crippen LogP contribution is -2.12. The molecule has 0 atom stereocenters. The Morgan fingerprint density at radius 1 is 1.10 bits per heavy atom. The number of carboxylic acids is 1. The number of halogens is 1. The predicted molar refractivity (Wildman–Crippen MR) is 118 cm³/mol. The largest absolute Gasteiger partial charge is 0.482 e. The Morgan fingerprint density at radius 3 is 2.40 bits per heavy atom. The van der Waals surface area contributed by atoms with Crippen molar-refractivity contribution >= 4 is 34.4 Å². The number of aryl methyl sites for hydroxylation is 1. The molecule has 2 aromatic carbocycles. The number of esters is 1. The molecule has 7 heteroatoms. The maximum absolute atomic E-state index is 11.3. The molecule has 0 radical (unpaired) electrons. The average Bonchev–Trinajstić information content (AvgIpc) is 2.99. The SMILES string of the molecule is CC.COC(=O)COc1ccc(Cn2c(C)c(C)c3cc(C(=O)O)ccc32)c(Cl)c1. The fourth-order valence-electron chi connectivity index (χ4n) is 3.10. The Kier molecular flexibility index (Phi) is 7.89. The second kappa shape index (κ2) is 10.2. The number of aromatic nitrogens is 1. The first-order chi connectivity index (χ1) is 14.3. The molecule has 0 aliphatic carbocycles. The Hall–Kier alpha value is -2.99. The number of carboxylic acid groups (broad SMARTS) is 1. The molecule has 0 fully saturated rings. The Morgan fingerprint density at radius 2 is 1.80 bits per heavy atom. The van der Waals surface area contributed by atoms with Gasteiger partial charge in [0.05, 0.1) is 12.7 Å². The summed E-state index contributed by atoms with van der Waals surface area (Å²) in [5.41, 5.74) is 4.17. The number of rotatable bonds is 6. The predicted octanol–water partition coefficient (Wildman–Crippen LogP) is 5.24. The van der Waals surface area contributed by atoms with Crippen LogP contribution in [0.2, 0.25) is 5.02 Å². The van der Waals surface area contributed by atoms with Crippen LogP contribution in [0.25, 0.3) is 10.9 Å². The molecule has 1 heterocycles. The Labute approximate surface area is 181 Å². The van der Waals surface area contributed by atoms with Gasteiger partial charge in [-0.25, -0.2) is 9.59 Å². The van der Waals surface area contributed by atoms with E-state index in [1.807, 2.05) is 39.8 Å². The monoisotopic (exact) mass is 431 g/mol. The molecule has 160 valence electrons. The molecule has 1 N–H and O–H groups in total. The third kappa shape index (κ3) is 4.94. The van der Waals surface area contributed by atoms with Gasteiger partial charge in [0.1, 0.15) is 5.75 Å². The maximum atomic E-state index is 11.3. The van der Waals surface area contributed by atoms with E-state index in [1.165, 1.54) is 7.11 Å². The molecule has 0 aliphatic rings. The van der Waals surface area contributed by atoms with Crippen molar-refractivity contribution in [1.29, 1.82) is 0 Å². The van der Waals surface area contributed by atoms with Crippen molar-refractivity contribution in [3.63, 3.8) is 0 Å². The first-order valence-electron chi connectivity index (χ1n) is 9.62. The third-order valence-electron chi connectivity index (χ3n) is 4.82. The number of hydrogen-bond acceptors (Lipinski definition) is 4. The molecule has 3 rings (SSSR count).